The molecule has 8 rings (SSSR count). The average Bonchev–Trinajstić information content (AvgIpc) is 3.29. The number of rotatable bonds is 0. The second kappa shape index (κ2) is 4.32. The van der Waals surface area contributed by atoms with Crippen LogP contribution in [0.3, 0.4) is 0 Å². The summed E-state index contributed by atoms with van der Waals surface area (Å²) >= 11 is 0. The molecular formula is C25H24O. The molecule has 0 radical (unpaired) electrons. The Morgan fingerprint density at radius 1 is 1.08 bits per heavy atom. The number of fused-ring (bicyclic) bond motifs is 3. The molecule has 0 amide bonds. The SMILES string of the molecule is CC1CC2=C3C4CCC2(C4)C2CCc4cc5cc(ccc5cc4C2=O)C31. The van der Waals surface area contributed by atoms with Crippen LogP contribution in [0.1, 0.15) is 66.4 Å². The van der Waals surface area contributed by atoms with Gasteiger partial charge in [-0.1, -0.05) is 42.3 Å². The number of benzene rings is 2. The summed E-state index contributed by atoms with van der Waals surface area (Å²) in [4.78, 5) is 13.7. The second-order valence-corrected chi connectivity index (χ2v) is 9.76. The first-order valence-electron chi connectivity index (χ1n) is 10.5. The Morgan fingerprint density at radius 3 is 2.92 bits per heavy atom. The molecule has 1 spiro atoms. The zero-order valence-electron chi connectivity index (χ0n) is 15.3. The summed E-state index contributed by atoms with van der Waals surface area (Å²) < 4.78 is 0. The lowest BCUT2D eigenvalue weighted by Crippen LogP contribution is -2.38. The van der Waals surface area contributed by atoms with E-state index in [4.69, 9.17) is 0 Å². The van der Waals surface area contributed by atoms with Crippen LogP contribution in [0.2, 0.25) is 0 Å². The van der Waals surface area contributed by atoms with Gasteiger partial charge < -0.3 is 0 Å². The quantitative estimate of drug-likeness (QED) is 0.552. The van der Waals surface area contributed by atoms with Crippen molar-refractivity contribution in [1.82, 2.24) is 0 Å². The average molecular weight is 340 g/mol. The number of Topliss-reactive ketones (excluding diaryl/α,β-unsaturated/α-hetero) is 1. The van der Waals surface area contributed by atoms with Crippen LogP contribution in [0.15, 0.2) is 41.5 Å². The van der Waals surface area contributed by atoms with Gasteiger partial charge >= 0.3 is 0 Å². The van der Waals surface area contributed by atoms with Crippen molar-refractivity contribution in [3.8, 4) is 0 Å². The molecule has 2 aromatic rings. The number of hydrogen-bond donors (Lipinski definition) is 0. The predicted octanol–water partition coefficient (Wildman–Crippen LogP) is 5.82. The highest BCUT2D eigenvalue weighted by Gasteiger charge is 2.60. The van der Waals surface area contributed by atoms with Crippen molar-refractivity contribution in [3.63, 3.8) is 0 Å². The number of ketones is 1. The van der Waals surface area contributed by atoms with Crippen molar-refractivity contribution < 1.29 is 4.79 Å². The Bertz CT molecular complexity index is 1060. The van der Waals surface area contributed by atoms with Gasteiger partial charge in [-0.15, -0.1) is 0 Å². The smallest absolute Gasteiger partial charge is 0.167 e. The van der Waals surface area contributed by atoms with E-state index in [1.165, 1.54) is 47.6 Å². The van der Waals surface area contributed by atoms with Crippen molar-refractivity contribution in [1.29, 1.82) is 0 Å². The van der Waals surface area contributed by atoms with Crippen LogP contribution in [-0.4, -0.2) is 5.78 Å². The van der Waals surface area contributed by atoms with Gasteiger partial charge in [0.05, 0.1) is 0 Å². The highest BCUT2D eigenvalue weighted by Crippen LogP contribution is 2.70. The number of carbonyl (C=O) groups excluding carboxylic acids is 1. The van der Waals surface area contributed by atoms with E-state index in [1.54, 1.807) is 11.1 Å². The van der Waals surface area contributed by atoms with Gasteiger partial charge in [-0.05, 0) is 78.3 Å². The Labute approximate surface area is 154 Å². The molecule has 0 saturated heterocycles. The first-order valence-corrected chi connectivity index (χ1v) is 10.5. The highest BCUT2D eigenvalue weighted by atomic mass is 16.1. The largest absolute Gasteiger partial charge is 0.294 e. The molecule has 1 heteroatoms. The van der Waals surface area contributed by atoms with E-state index in [0.29, 0.717) is 17.6 Å². The van der Waals surface area contributed by atoms with E-state index in [9.17, 15) is 4.79 Å². The molecule has 1 fully saturated rings. The van der Waals surface area contributed by atoms with Crippen LogP contribution in [0, 0.1) is 23.2 Å². The van der Waals surface area contributed by atoms with Gasteiger partial charge in [0, 0.05) is 22.8 Å². The zero-order valence-corrected chi connectivity index (χ0v) is 15.3. The van der Waals surface area contributed by atoms with Gasteiger partial charge in [-0.2, -0.15) is 0 Å². The highest BCUT2D eigenvalue weighted by molar-refractivity contribution is 6.04. The first kappa shape index (κ1) is 14.2. The molecule has 0 N–H and O–H groups in total. The molecule has 0 heterocycles. The van der Waals surface area contributed by atoms with Gasteiger partial charge in [0.2, 0.25) is 0 Å². The molecule has 6 aliphatic carbocycles. The van der Waals surface area contributed by atoms with Crippen molar-refractivity contribution >= 4 is 16.6 Å². The minimum atomic E-state index is 0.212. The van der Waals surface area contributed by atoms with Crippen LogP contribution < -0.4 is 0 Å². The van der Waals surface area contributed by atoms with Gasteiger partial charge in [0.1, 0.15) is 0 Å². The topological polar surface area (TPSA) is 17.1 Å². The molecule has 5 unspecified atom stereocenters. The maximum Gasteiger partial charge on any atom is 0.167 e. The third-order valence-electron chi connectivity index (χ3n) is 8.77. The summed E-state index contributed by atoms with van der Waals surface area (Å²) in [6.07, 6.45) is 7.24. The molecule has 1 saturated carbocycles. The van der Waals surface area contributed by atoms with Gasteiger partial charge in [-0.3, -0.25) is 4.79 Å². The Hall–Kier alpha value is -1.89. The van der Waals surface area contributed by atoms with Crippen molar-refractivity contribution in [2.75, 3.05) is 0 Å². The normalized spacial score (nSPS) is 38.9. The Kier molecular flexibility index (Phi) is 2.36. The molecule has 0 aliphatic heterocycles. The number of hydrogen-bond acceptors (Lipinski definition) is 1. The fraction of sp³-hybridized carbons (Fsp3) is 0.480. The lowest BCUT2D eigenvalue weighted by molar-refractivity contribution is 0.0768. The van der Waals surface area contributed by atoms with Crippen LogP contribution in [-0.2, 0) is 6.42 Å². The maximum absolute atomic E-state index is 13.7. The third-order valence-corrected chi connectivity index (χ3v) is 8.77. The first-order chi connectivity index (χ1) is 12.7. The second-order valence-electron chi connectivity index (χ2n) is 9.76. The van der Waals surface area contributed by atoms with E-state index in [2.05, 4.69) is 37.3 Å². The van der Waals surface area contributed by atoms with E-state index in [0.717, 1.165) is 24.3 Å². The molecule has 5 atom stereocenters. The number of aryl methyl sites for hydroxylation is 1. The van der Waals surface area contributed by atoms with E-state index in [1.807, 2.05) is 0 Å². The molecule has 26 heavy (non-hydrogen) atoms. The number of allylic oxidation sites excluding steroid dienone is 2. The molecule has 1 nitrogen and oxygen atoms in total. The molecule has 2 aromatic carbocycles. The van der Waals surface area contributed by atoms with Crippen molar-refractivity contribution in [2.45, 2.75) is 51.4 Å². The minimum Gasteiger partial charge on any atom is -0.294 e. The van der Waals surface area contributed by atoms with Gasteiger partial charge in [0.15, 0.2) is 5.78 Å². The molecule has 6 aliphatic rings. The lowest BCUT2D eigenvalue weighted by Gasteiger charge is -2.40. The van der Waals surface area contributed by atoms with E-state index >= 15 is 0 Å². The Morgan fingerprint density at radius 2 is 2.00 bits per heavy atom. The zero-order chi connectivity index (χ0) is 17.2. The summed E-state index contributed by atoms with van der Waals surface area (Å²) in [5.74, 6) is 2.74. The standard InChI is InChI=1S/C25H24O/c1-13-8-21-23-17-6-7-25(21,12-17)20-5-4-15-9-18-10-16(22(13)23)3-2-14(18)11-19(15)24(20)26/h2-3,9-11,13,17,20,22H,4-8,12H2,1H3. The van der Waals surface area contributed by atoms with Gasteiger partial charge in [0.25, 0.3) is 0 Å². The summed E-state index contributed by atoms with van der Waals surface area (Å²) in [5, 5.41) is 2.59. The van der Waals surface area contributed by atoms with Crippen LogP contribution in [0.4, 0.5) is 0 Å². The monoisotopic (exact) mass is 340 g/mol. The predicted molar refractivity (Wildman–Crippen MR) is 103 cm³/mol. The van der Waals surface area contributed by atoms with Crippen LogP contribution in [0.5, 0.6) is 0 Å². The summed E-state index contributed by atoms with van der Waals surface area (Å²) in [7, 11) is 0. The fourth-order valence-corrected chi connectivity index (χ4v) is 7.83. The lowest BCUT2D eigenvalue weighted by atomic mass is 9.62. The van der Waals surface area contributed by atoms with Gasteiger partial charge in [-0.25, -0.2) is 0 Å². The summed E-state index contributed by atoms with van der Waals surface area (Å²) in [5.41, 5.74) is 7.59. The van der Waals surface area contributed by atoms with Crippen molar-refractivity contribution in [3.05, 3.63) is 58.2 Å². The Balaban J connectivity index is 1.63. The minimum absolute atomic E-state index is 0.212. The van der Waals surface area contributed by atoms with Crippen LogP contribution >= 0.6 is 0 Å². The van der Waals surface area contributed by atoms with E-state index < -0.39 is 0 Å². The molecular weight excluding hydrogens is 316 g/mol. The number of carbonyl (C=O) groups is 1. The van der Waals surface area contributed by atoms with Crippen molar-refractivity contribution in [2.24, 2.45) is 23.2 Å². The van der Waals surface area contributed by atoms with Crippen LogP contribution in [0.25, 0.3) is 10.8 Å². The van der Waals surface area contributed by atoms with E-state index in [-0.39, 0.29) is 11.3 Å². The molecule has 0 aromatic heterocycles. The molecule has 11 bridgehead atoms. The fourth-order valence-electron chi connectivity index (χ4n) is 7.83. The molecule has 130 valence electrons. The summed E-state index contributed by atoms with van der Waals surface area (Å²) in [6.45, 7) is 2.45. The maximum atomic E-state index is 13.7. The third kappa shape index (κ3) is 1.43. The summed E-state index contributed by atoms with van der Waals surface area (Å²) in [6, 6.07) is 11.6.